The minimum Gasteiger partial charge on any atom is -0.490 e. The van der Waals surface area contributed by atoms with E-state index in [2.05, 4.69) is 15.9 Å². The molecular weight excluding hydrogens is 364 g/mol. The molecule has 0 aromatic heterocycles. The lowest BCUT2D eigenvalue weighted by Gasteiger charge is -2.14. The van der Waals surface area contributed by atoms with Gasteiger partial charge in [-0.3, -0.25) is 4.79 Å². The fourth-order valence-corrected chi connectivity index (χ4v) is 2.82. The third kappa shape index (κ3) is 3.42. The van der Waals surface area contributed by atoms with E-state index in [0.29, 0.717) is 40.5 Å². The van der Waals surface area contributed by atoms with Gasteiger partial charge < -0.3 is 18.9 Å². The quantitative estimate of drug-likeness (QED) is 0.711. The molecule has 1 aliphatic rings. The lowest BCUT2D eigenvalue weighted by molar-refractivity contribution is 0.112. The maximum atomic E-state index is 11.0. The molecule has 3 rings (SSSR count). The van der Waals surface area contributed by atoms with Crippen LogP contribution in [0.4, 0.5) is 0 Å². The Bertz CT molecular complexity index is 729. The Morgan fingerprint density at radius 3 is 2.78 bits per heavy atom. The third-order valence-corrected chi connectivity index (χ3v) is 3.88. The highest BCUT2D eigenvalue weighted by Crippen LogP contribution is 2.38. The highest BCUT2D eigenvalue weighted by Gasteiger charge is 2.15. The van der Waals surface area contributed by atoms with Gasteiger partial charge in [0.15, 0.2) is 23.0 Å². The number of fused-ring (bicyclic) bond motifs is 1. The number of carbonyl (C=O) groups excluding carboxylic acids is 1. The molecule has 0 atom stereocenters. The highest BCUT2D eigenvalue weighted by atomic mass is 79.9. The predicted molar refractivity (Wildman–Crippen MR) is 87.6 cm³/mol. The number of benzene rings is 2. The van der Waals surface area contributed by atoms with Gasteiger partial charge in [-0.2, -0.15) is 0 Å². The third-order valence-electron chi connectivity index (χ3n) is 3.29. The molecule has 1 heterocycles. The van der Waals surface area contributed by atoms with Crippen LogP contribution < -0.4 is 18.9 Å². The zero-order valence-electron chi connectivity index (χ0n) is 12.5. The summed E-state index contributed by atoms with van der Waals surface area (Å²) in [5, 5.41) is 0. The van der Waals surface area contributed by atoms with Crippen LogP contribution in [-0.2, 0) is 6.61 Å². The average Bonchev–Trinajstić information content (AvgIpc) is 3.01. The topological polar surface area (TPSA) is 54.0 Å². The smallest absolute Gasteiger partial charge is 0.231 e. The molecule has 0 radical (unpaired) electrons. The van der Waals surface area contributed by atoms with Crippen LogP contribution in [0.15, 0.2) is 34.8 Å². The summed E-state index contributed by atoms with van der Waals surface area (Å²) in [4.78, 5) is 11.0. The number of rotatable bonds is 6. The second kappa shape index (κ2) is 6.91. The summed E-state index contributed by atoms with van der Waals surface area (Å²) in [6.07, 6.45) is 0.773. The van der Waals surface area contributed by atoms with Crippen LogP contribution in [0.1, 0.15) is 22.8 Å². The fourth-order valence-electron chi connectivity index (χ4n) is 2.25. The first-order valence-corrected chi connectivity index (χ1v) is 7.93. The molecule has 120 valence electrons. The predicted octanol–water partition coefficient (Wildman–Crippen LogP) is 3.97. The van der Waals surface area contributed by atoms with E-state index in [1.807, 2.05) is 25.1 Å². The second-order valence-corrected chi connectivity index (χ2v) is 5.71. The van der Waals surface area contributed by atoms with Crippen molar-refractivity contribution in [2.45, 2.75) is 13.5 Å². The number of hydrogen-bond donors (Lipinski definition) is 0. The molecule has 5 nitrogen and oxygen atoms in total. The number of aldehydes is 1. The Balaban J connectivity index is 1.80. The molecule has 6 heteroatoms. The van der Waals surface area contributed by atoms with Gasteiger partial charge in [-0.1, -0.05) is 6.07 Å². The molecule has 0 bridgehead atoms. The van der Waals surface area contributed by atoms with Gasteiger partial charge in [0.25, 0.3) is 0 Å². The van der Waals surface area contributed by atoms with Crippen LogP contribution in [0.25, 0.3) is 0 Å². The van der Waals surface area contributed by atoms with Crippen molar-refractivity contribution in [3.63, 3.8) is 0 Å². The zero-order valence-corrected chi connectivity index (χ0v) is 14.1. The Hall–Kier alpha value is -2.21. The molecule has 0 aliphatic carbocycles. The van der Waals surface area contributed by atoms with Crippen molar-refractivity contribution in [1.82, 2.24) is 0 Å². The molecule has 0 amide bonds. The van der Waals surface area contributed by atoms with Crippen LogP contribution >= 0.6 is 15.9 Å². The first-order chi connectivity index (χ1) is 11.2. The van der Waals surface area contributed by atoms with Gasteiger partial charge in [0.1, 0.15) is 12.9 Å². The first kappa shape index (κ1) is 15.7. The van der Waals surface area contributed by atoms with Crippen molar-refractivity contribution in [3.05, 3.63) is 45.9 Å². The number of hydrogen-bond acceptors (Lipinski definition) is 5. The molecule has 0 fully saturated rings. The van der Waals surface area contributed by atoms with Gasteiger partial charge >= 0.3 is 0 Å². The van der Waals surface area contributed by atoms with Crippen molar-refractivity contribution in [2.75, 3.05) is 13.4 Å². The van der Waals surface area contributed by atoms with Gasteiger partial charge in [0, 0.05) is 5.56 Å². The fraction of sp³-hybridized carbons (Fsp3) is 0.235. The summed E-state index contributed by atoms with van der Waals surface area (Å²) in [6.45, 7) is 2.95. The number of halogens is 1. The average molecular weight is 379 g/mol. The molecule has 0 spiro atoms. The molecule has 2 aromatic rings. The molecule has 2 aromatic carbocycles. The van der Waals surface area contributed by atoms with Crippen LogP contribution in [0.3, 0.4) is 0 Å². The van der Waals surface area contributed by atoms with Gasteiger partial charge in [-0.15, -0.1) is 0 Å². The Morgan fingerprint density at radius 1 is 1.17 bits per heavy atom. The molecule has 0 saturated carbocycles. The molecule has 0 unspecified atom stereocenters. The summed E-state index contributed by atoms with van der Waals surface area (Å²) in [7, 11) is 0. The van der Waals surface area contributed by atoms with E-state index in [9.17, 15) is 4.79 Å². The second-order valence-electron chi connectivity index (χ2n) is 4.86. The largest absolute Gasteiger partial charge is 0.490 e. The standard InChI is InChI=1S/C17H15BrO5/c1-2-20-16-7-12(8-19)5-13(18)17(16)21-9-11-3-4-14-15(6-11)23-10-22-14/h3-8H,2,9-10H2,1H3. The summed E-state index contributed by atoms with van der Waals surface area (Å²) >= 11 is 3.42. The van der Waals surface area contributed by atoms with Crippen molar-refractivity contribution < 1.29 is 23.7 Å². The van der Waals surface area contributed by atoms with Crippen LogP contribution in [0.2, 0.25) is 0 Å². The minimum absolute atomic E-state index is 0.243. The van der Waals surface area contributed by atoms with Crippen molar-refractivity contribution in [2.24, 2.45) is 0 Å². The Labute approximate surface area is 142 Å². The molecule has 0 N–H and O–H groups in total. The van der Waals surface area contributed by atoms with Gasteiger partial charge in [-0.25, -0.2) is 0 Å². The summed E-state index contributed by atoms with van der Waals surface area (Å²) in [5.41, 5.74) is 1.47. The van der Waals surface area contributed by atoms with Crippen LogP contribution in [0, 0.1) is 0 Å². The highest BCUT2D eigenvalue weighted by molar-refractivity contribution is 9.10. The monoisotopic (exact) mass is 378 g/mol. The Kier molecular flexibility index (Phi) is 4.71. The molecule has 23 heavy (non-hydrogen) atoms. The zero-order chi connectivity index (χ0) is 16.2. The maximum Gasteiger partial charge on any atom is 0.231 e. The van der Waals surface area contributed by atoms with Crippen LogP contribution in [0.5, 0.6) is 23.0 Å². The normalized spacial score (nSPS) is 12.1. The maximum absolute atomic E-state index is 11.0. The summed E-state index contributed by atoms with van der Waals surface area (Å²) in [5.74, 6) is 2.55. The van der Waals surface area contributed by atoms with Gasteiger partial charge in [0.2, 0.25) is 6.79 Å². The number of carbonyl (C=O) groups is 1. The van der Waals surface area contributed by atoms with Crippen LogP contribution in [-0.4, -0.2) is 19.7 Å². The summed E-state index contributed by atoms with van der Waals surface area (Å²) in [6, 6.07) is 9.02. The van der Waals surface area contributed by atoms with Gasteiger partial charge in [-0.05, 0) is 52.7 Å². The minimum atomic E-state index is 0.243. The van der Waals surface area contributed by atoms with E-state index in [1.54, 1.807) is 12.1 Å². The van der Waals surface area contributed by atoms with E-state index in [1.165, 1.54) is 0 Å². The molecular formula is C17H15BrO5. The van der Waals surface area contributed by atoms with E-state index < -0.39 is 0 Å². The lowest BCUT2D eigenvalue weighted by Crippen LogP contribution is -2.01. The molecule has 1 aliphatic heterocycles. The lowest BCUT2D eigenvalue weighted by atomic mass is 10.2. The van der Waals surface area contributed by atoms with Crippen molar-refractivity contribution in [3.8, 4) is 23.0 Å². The van der Waals surface area contributed by atoms with Gasteiger partial charge in [0.05, 0.1) is 11.1 Å². The van der Waals surface area contributed by atoms with E-state index in [4.69, 9.17) is 18.9 Å². The first-order valence-electron chi connectivity index (χ1n) is 7.14. The summed E-state index contributed by atoms with van der Waals surface area (Å²) < 4.78 is 22.8. The van der Waals surface area contributed by atoms with E-state index >= 15 is 0 Å². The SMILES string of the molecule is CCOc1cc(C=O)cc(Br)c1OCc1ccc2c(c1)OCO2. The van der Waals surface area contributed by atoms with Crippen molar-refractivity contribution >= 4 is 22.2 Å². The van der Waals surface area contributed by atoms with Crippen molar-refractivity contribution in [1.29, 1.82) is 0 Å². The molecule has 0 saturated heterocycles. The van der Waals surface area contributed by atoms with E-state index in [0.717, 1.165) is 17.6 Å². The number of ether oxygens (including phenoxy) is 4. The Morgan fingerprint density at radius 2 is 2.00 bits per heavy atom. The van der Waals surface area contributed by atoms with E-state index in [-0.39, 0.29) is 6.79 Å².